The van der Waals surface area contributed by atoms with Crippen molar-refractivity contribution in [1.82, 2.24) is 5.32 Å². The molecule has 1 N–H and O–H groups in total. The maximum absolute atomic E-state index is 12.6. The lowest BCUT2D eigenvalue weighted by Crippen LogP contribution is -2.43. The van der Waals surface area contributed by atoms with Gasteiger partial charge < -0.3 is 5.32 Å². The summed E-state index contributed by atoms with van der Waals surface area (Å²) < 4.78 is 0. The van der Waals surface area contributed by atoms with Crippen LogP contribution in [-0.2, 0) is 6.54 Å². The molecule has 0 heterocycles. The average molecular weight is 363 g/mol. The summed E-state index contributed by atoms with van der Waals surface area (Å²) in [5.74, 6) is -0.260. The van der Waals surface area contributed by atoms with Crippen LogP contribution in [0, 0.1) is 10.1 Å². The van der Waals surface area contributed by atoms with Crippen LogP contribution >= 0.6 is 11.6 Å². The number of hydrogen-bond donors (Lipinski definition) is 1. The molecule has 0 spiro atoms. The molecule has 0 bridgehead atoms. The van der Waals surface area contributed by atoms with E-state index in [9.17, 15) is 14.9 Å². The zero-order chi connectivity index (χ0) is 17.9. The van der Waals surface area contributed by atoms with Crippen molar-refractivity contribution in [3.05, 3.63) is 68.7 Å². The molecule has 0 aliphatic rings. The van der Waals surface area contributed by atoms with Crippen LogP contribution < -0.4 is 10.5 Å². The first kappa shape index (κ1) is 18.2. The van der Waals surface area contributed by atoms with Crippen LogP contribution in [0.25, 0.3) is 0 Å². The predicted octanol–water partition coefficient (Wildman–Crippen LogP) is 3.72. The lowest BCUT2D eigenvalue weighted by molar-refractivity contribution is -0.384. The van der Waals surface area contributed by atoms with E-state index in [4.69, 9.17) is 11.6 Å². The quantitative estimate of drug-likeness (QED) is 0.500. The van der Waals surface area contributed by atoms with Crippen molar-refractivity contribution >= 4 is 36.5 Å². The van der Waals surface area contributed by atoms with Gasteiger partial charge in [0.1, 0.15) is 0 Å². The Hall–Kier alpha value is -2.18. The smallest absolute Gasteiger partial charge is 0.269 e. The Morgan fingerprint density at radius 1 is 1.21 bits per heavy atom. The van der Waals surface area contributed by atoms with Crippen LogP contribution in [0.15, 0.2) is 42.5 Å². The second-order valence-electron chi connectivity index (χ2n) is 6.52. The summed E-state index contributed by atoms with van der Waals surface area (Å²) >= 11 is 6.25. The number of benzene rings is 2. The Kier molecular flexibility index (Phi) is 5.41. The number of non-ortho nitro benzene ring substituents is 1. The van der Waals surface area contributed by atoms with Gasteiger partial charge in [0.2, 0.25) is 0 Å². The van der Waals surface area contributed by atoms with E-state index in [-0.39, 0.29) is 18.1 Å². The monoisotopic (exact) mass is 362 g/mol. The summed E-state index contributed by atoms with van der Waals surface area (Å²) in [4.78, 5) is 23.0. The zero-order valence-electron chi connectivity index (χ0n) is 13.8. The number of rotatable bonds is 5. The van der Waals surface area contributed by atoms with E-state index >= 15 is 0 Å². The Morgan fingerprint density at radius 3 is 2.50 bits per heavy atom. The number of carbonyl (C=O) groups excluding carboxylic acids is 1. The molecule has 0 saturated carbocycles. The van der Waals surface area contributed by atoms with Crippen molar-refractivity contribution in [3.63, 3.8) is 0 Å². The summed E-state index contributed by atoms with van der Waals surface area (Å²) in [7, 11) is -1.74. The summed E-state index contributed by atoms with van der Waals surface area (Å²) in [6.45, 7) is 6.65. The van der Waals surface area contributed by atoms with Gasteiger partial charge in [-0.2, -0.15) is 0 Å². The van der Waals surface area contributed by atoms with Crippen LogP contribution in [0.3, 0.4) is 0 Å². The summed E-state index contributed by atoms with van der Waals surface area (Å²) in [5.41, 5.74) is 1.17. The molecule has 1 amide bonds. The number of nitrogens with zero attached hydrogens (tertiary/aromatic N) is 1. The van der Waals surface area contributed by atoms with Gasteiger partial charge in [0.25, 0.3) is 11.6 Å². The molecular weight excluding hydrogens is 344 g/mol. The lowest BCUT2D eigenvalue weighted by Gasteiger charge is -2.21. The third kappa shape index (κ3) is 4.21. The van der Waals surface area contributed by atoms with E-state index in [1.165, 1.54) is 12.1 Å². The molecule has 0 aromatic heterocycles. The molecule has 7 heteroatoms. The molecular formula is C17H19ClN2O3Si. The molecule has 2 aromatic rings. The topological polar surface area (TPSA) is 72.2 Å². The molecule has 2 aromatic carbocycles. The largest absolute Gasteiger partial charge is 0.348 e. The van der Waals surface area contributed by atoms with Crippen LogP contribution in [0.5, 0.6) is 0 Å². The SMILES string of the molecule is C[Si](C)(C)c1cccc(Cl)c1C(=O)NCc1cccc([N+](=O)[O-])c1. The number of nitro groups is 1. The molecule has 126 valence electrons. The number of nitrogens with one attached hydrogen (secondary N) is 1. The van der Waals surface area contributed by atoms with Crippen molar-refractivity contribution in [3.8, 4) is 0 Å². The molecule has 0 radical (unpaired) electrons. The van der Waals surface area contributed by atoms with Gasteiger partial charge in [-0.25, -0.2) is 0 Å². The Morgan fingerprint density at radius 2 is 1.88 bits per heavy atom. The molecule has 0 unspecified atom stereocenters. The van der Waals surface area contributed by atoms with Gasteiger partial charge in [-0.15, -0.1) is 0 Å². The first-order valence-corrected chi connectivity index (χ1v) is 11.4. The lowest BCUT2D eigenvalue weighted by atomic mass is 10.1. The first-order valence-electron chi connectivity index (χ1n) is 7.50. The van der Waals surface area contributed by atoms with E-state index in [0.29, 0.717) is 16.1 Å². The third-order valence-electron chi connectivity index (χ3n) is 3.62. The van der Waals surface area contributed by atoms with Crippen molar-refractivity contribution in [2.24, 2.45) is 0 Å². The van der Waals surface area contributed by atoms with E-state index in [0.717, 1.165) is 5.19 Å². The van der Waals surface area contributed by atoms with Gasteiger partial charge in [0, 0.05) is 18.7 Å². The summed E-state index contributed by atoms with van der Waals surface area (Å²) in [5, 5.41) is 15.0. The van der Waals surface area contributed by atoms with Gasteiger partial charge in [0.05, 0.1) is 23.6 Å². The van der Waals surface area contributed by atoms with Gasteiger partial charge in [-0.3, -0.25) is 14.9 Å². The third-order valence-corrected chi connectivity index (χ3v) is 5.97. The number of hydrogen-bond acceptors (Lipinski definition) is 3. The number of halogens is 1. The highest BCUT2D eigenvalue weighted by atomic mass is 35.5. The highest BCUT2D eigenvalue weighted by Crippen LogP contribution is 2.18. The first-order chi connectivity index (χ1) is 11.2. The standard InChI is InChI=1S/C17H19ClN2O3Si/c1-24(2,3)15-9-5-8-14(18)16(15)17(21)19-11-12-6-4-7-13(10-12)20(22)23/h4-10H,11H2,1-3H3,(H,19,21). The minimum atomic E-state index is -1.74. The fourth-order valence-electron chi connectivity index (χ4n) is 2.43. The minimum absolute atomic E-state index is 0.00211. The minimum Gasteiger partial charge on any atom is -0.348 e. The molecule has 0 fully saturated rings. The molecule has 0 aliphatic heterocycles. The van der Waals surface area contributed by atoms with Crippen molar-refractivity contribution in [2.45, 2.75) is 26.2 Å². The molecule has 2 rings (SSSR count). The van der Waals surface area contributed by atoms with Crippen LogP contribution in [0.4, 0.5) is 5.69 Å². The highest BCUT2D eigenvalue weighted by Gasteiger charge is 2.25. The number of amides is 1. The van der Waals surface area contributed by atoms with Crippen LogP contribution in [-0.4, -0.2) is 18.9 Å². The maximum atomic E-state index is 12.6. The Labute approximate surface area is 146 Å². The van der Waals surface area contributed by atoms with Crippen LogP contribution in [0.2, 0.25) is 24.7 Å². The summed E-state index contributed by atoms with van der Waals surface area (Å²) in [6.07, 6.45) is 0. The average Bonchev–Trinajstić information content (AvgIpc) is 2.51. The van der Waals surface area contributed by atoms with E-state index in [2.05, 4.69) is 25.0 Å². The van der Waals surface area contributed by atoms with Crippen LogP contribution in [0.1, 0.15) is 15.9 Å². The normalized spacial score (nSPS) is 11.2. The van der Waals surface area contributed by atoms with Crippen molar-refractivity contribution < 1.29 is 9.72 Å². The molecule has 5 nitrogen and oxygen atoms in total. The second-order valence-corrected chi connectivity index (χ2v) is 12.0. The van der Waals surface area contributed by atoms with E-state index in [1.54, 1.807) is 18.2 Å². The number of nitro benzene ring substituents is 1. The second kappa shape index (κ2) is 7.15. The van der Waals surface area contributed by atoms with Gasteiger partial charge in [0.15, 0.2) is 0 Å². The Bertz CT molecular complexity index is 788. The molecule has 24 heavy (non-hydrogen) atoms. The highest BCUT2D eigenvalue weighted by molar-refractivity contribution is 6.89. The van der Waals surface area contributed by atoms with Crippen molar-refractivity contribution in [1.29, 1.82) is 0 Å². The maximum Gasteiger partial charge on any atom is 0.269 e. The van der Waals surface area contributed by atoms with Gasteiger partial charge in [-0.05, 0) is 16.8 Å². The van der Waals surface area contributed by atoms with Crippen molar-refractivity contribution in [2.75, 3.05) is 0 Å². The fourth-order valence-corrected chi connectivity index (χ4v) is 4.36. The molecule has 0 aliphatic carbocycles. The Balaban J connectivity index is 2.22. The number of carbonyl (C=O) groups is 1. The fraction of sp³-hybridized carbons (Fsp3) is 0.235. The van der Waals surface area contributed by atoms with E-state index < -0.39 is 13.0 Å². The molecule has 0 atom stereocenters. The van der Waals surface area contributed by atoms with E-state index in [1.807, 2.05) is 12.1 Å². The molecule has 0 saturated heterocycles. The van der Waals surface area contributed by atoms with Gasteiger partial charge >= 0.3 is 0 Å². The van der Waals surface area contributed by atoms with Gasteiger partial charge in [-0.1, -0.05) is 55.5 Å². The summed E-state index contributed by atoms with van der Waals surface area (Å²) in [6, 6.07) is 11.7. The zero-order valence-corrected chi connectivity index (χ0v) is 15.6. The predicted molar refractivity (Wildman–Crippen MR) is 98.7 cm³/mol.